The molecule has 80 valence electrons. The van der Waals surface area contributed by atoms with Crippen LogP contribution in [0.25, 0.3) is 0 Å². The van der Waals surface area contributed by atoms with Crippen molar-refractivity contribution in [3.63, 3.8) is 0 Å². The summed E-state index contributed by atoms with van der Waals surface area (Å²) in [6.07, 6.45) is -4.31. The van der Waals surface area contributed by atoms with Crippen LogP contribution < -0.4 is 11.1 Å². The van der Waals surface area contributed by atoms with Crippen molar-refractivity contribution in [1.29, 1.82) is 5.26 Å². The number of alkyl halides is 3. The van der Waals surface area contributed by atoms with E-state index < -0.39 is 12.7 Å². The molecule has 0 amide bonds. The lowest BCUT2D eigenvalue weighted by Gasteiger charge is -2.10. The third-order valence-corrected chi connectivity index (χ3v) is 1.64. The van der Waals surface area contributed by atoms with Gasteiger partial charge in [0.25, 0.3) is 0 Å². The van der Waals surface area contributed by atoms with Crippen molar-refractivity contribution in [3.05, 3.63) is 23.8 Å². The van der Waals surface area contributed by atoms with Crippen LogP contribution in [0.1, 0.15) is 5.56 Å². The summed E-state index contributed by atoms with van der Waals surface area (Å²) in [4.78, 5) is 0. The Labute approximate surface area is 84.3 Å². The highest BCUT2D eigenvalue weighted by molar-refractivity contribution is 5.62. The number of halogens is 3. The first-order valence-corrected chi connectivity index (χ1v) is 4.02. The predicted octanol–water partition coefficient (Wildman–Crippen LogP) is 2.11. The van der Waals surface area contributed by atoms with Gasteiger partial charge in [0.2, 0.25) is 0 Å². The zero-order valence-corrected chi connectivity index (χ0v) is 7.60. The standard InChI is InChI=1S/C9H8F3N3/c10-9(11,12)5-15-8-2-1-7(14)3-6(8)4-13/h1-3,15H,5,14H2. The van der Waals surface area contributed by atoms with Crippen molar-refractivity contribution >= 4 is 11.4 Å². The van der Waals surface area contributed by atoms with Gasteiger partial charge in [-0.15, -0.1) is 0 Å². The fourth-order valence-corrected chi connectivity index (χ4v) is 1.00. The van der Waals surface area contributed by atoms with Gasteiger partial charge in [-0.25, -0.2) is 0 Å². The largest absolute Gasteiger partial charge is 0.405 e. The summed E-state index contributed by atoms with van der Waals surface area (Å²) in [7, 11) is 0. The average molecular weight is 215 g/mol. The van der Waals surface area contributed by atoms with Crippen molar-refractivity contribution in [1.82, 2.24) is 0 Å². The van der Waals surface area contributed by atoms with E-state index in [1.807, 2.05) is 0 Å². The summed E-state index contributed by atoms with van der Waals surface area (Å²) in [5.41, 5.74) is 5.95. The molecule has 0 aliphatic rings. The van der Waals surface area contributed by atoms with Gasteiger partial charge < -0.3 is 11.1 Å². The number of nitrogens with one attached hydrogen (secondary N) is 1. The quantitative estimate of drug-likeness (QED) is 0.742. The molecule has 0 heterocycles. The molecule has 0 aliphatic carbocycles. The van der Waals surface area contributed by atoms with Gasteiger partial charge in [-0.1, -0.05) is 0 Å². The van der Waals surface area contributed by atoms with E-state index in [0.29, 0.717) is 5.69 Å². The number of nitriles is 1. The molecule has 1 aromatic rings. The Kier molecular flexibility index (Phi) is 3.04. The minimum Gasteiger partial charge on any atom is -0.399 e. The van der Waals surface area contributed by atoms with Crippen LogP contribution in [0.4, 0.5) is 24.5 Å². The number of hydrogen-bond donors (Lipinski definition) is 2. The topological polar surface area (TPSA) is 61.8 Å². The van der Waals surface area contributed by atoms with E-state index in [2.05, 4.69) is 5.32 Å². The minimum atomic E-state index is -4.31. The highest BCUT2D eigenvalue weighted by Crippen LogP contribution is 2.21. The molecule has 0 aliphatic heterocycles. The zero-order valence-electron chi connectivity index (χ0n) is 7.60. The second-order valence-corrected chi connectivity index (χ2v) is 2.89. The van der Waals surface area contributed by atoms with Gasteiger partial charge in [-0.05, 0) is 18.2 Å². The first kappa shape index (κ1) is 11.2. The Hall–Kier alpha value is -1.90. The zero-order chi connectivity index (χ0) is 11.5. The van der Waals surface area contributed by atoms with E-state index >= 15 is 0 Å². The van der Waals surface area contributed by atoms with E-state index in [-0.39, 0.29) is 11.3 Å². The number of anilines is 2. The fraction of sp³-hybridized carbons (Fsp3) is 0.222. The maximum Gasteiger partial charge on any atom is 0.405 e. The molecule has 0 radical (unpaired) electrons. The van der Waals surface area contributed by atoms with Crippen LogP contribution >= 0.6 is 0 Å². The van der Waals surface area contributed by atoms with Gasteiger partial charge >= 0.3 is 6.18 Å². The maximum atomic E-state index is 11.9. The molecule has 1 aromatic carbocycles. The molecule has 0 unspecified atom stereocenters. The van der Waals surface area contributed by atoms with Crippen molar-refractivity contribution in [2.75, 3.05) is 17.6 Å². The van der Waals surface area contributed by atoms with Gasteiger partial charge in [0.1, 0.15) is 12.6 Å². The summed E-state index contributed by atoms with van der Waals surface area (Å²) < 4.78 is 35.7. The van der Waals surface area contributed by atoms with Crippen molar-refractivity contribution in [2.45, 2.75) is 6.18 Å². The lowest BCUT2D eigenvalue weighted by atomic mass is 10.1. The van der Waals surface area contributed by atoms with Gasteiger partial charge in [0.15, 0.2) is 0 Å². The van der Waals surface area contributed by atoms with Crippen LogP contribution in [0.2, 0.25) is 0 Å². The molecule has 0 fully saturated rings. The normalized spacial score (nSPS) is 10.8. The van der Waals surface area contributed by atoms with Crippen LogP contribution in [0.15, 0.2) is 18.2 Å². The van der Waals surface area contributed by atoms with E-state index in [0.717, 1.165) is 0 Å². The molecule has 0 atom stereocenters. The number of nitrogen functional groups attached to an aromatic ring is 1. The average Bonchev–Trinajstić information content (AvgIpc) is 2.14. The van der Waals surface area contributed by atoms with Crippen LogP contribution in [-0.2, 0) is 0 Å². The number of hydrogen-bond acceptors (Lipinski definition) is 3. The highest BCUT2D eigenvalue weighted by Gasteiger charge is 2.26. The Bertz CT molecular complexity index is 393. The Balaban J connectivity index is 2.82. The van der Waals surface area contributed by atoms with Gasteiger partial charge in [-0.2, -0.15) is 18.4 Å². The van der Waals surface area contributed by atoms with Crippen LogP contribution in [0, 0.1) is 11.3 Å². The number of benzene rings is 1. The molecular weight excluding hydrogens is 207 g/mol. The van der Waals surface area contributed by atoms with Gasteiger partial charge in [0.05, 0.1) is 11.3 Å². The smallest absolute Gasteiger partial charge is 0.399 e. The SMILES string of the molecule is N#Cc1cc(N)ccc1NCC(F)(F)F. The van der Waals surface area contributed by atoms with Crippen LogP contribution in [0.3, 0.4) is 0 Å². The van der Waals surface area contributed by atoms with E-state index in [1.165, 1.54) is 18.2 Å². The lowest BCUT2D eigenvalue weighted by molar-refractivity contribution is -0.115. The molecule has 0 spiro atoms. The minimum absolute atomic E-state index is 0.0965. The van der Waals surface area contributed by atoms with Crippen molar-refractivity contribution < 1.29 is 13.2 Å². The fourth-order valence-electron chi connectivity index (χ4n) is 1.00. The summed E-state index contributed by atoms with van der Waals surface area (Å²) in [5.74, 6) is 0. The maximum absolute atomic E-state index is 11.9. The molecule has 3 nitrogen and oxygen atoms in total. The summed E-state index contributed by atoms with van der Waals surface area (Å²) in [6.45, 7) is -1.18. The molecule has 0 saturated carbocycles. The predicted molar refractivity (Wildman–Crippen MR) is 50.1 cm³/mol. The third kappa shape index (κ3) is 3.38. The second kappa shape index (κ2) is 4.09. The molecule has 15 heavy (non-hydrogen) atoms. The van der Waals surface area contributed by atoms with Crippen molar-refractivity contribution in [2.24, 2.45) is 0 Å². The van der Waals surface area contributed by atoms with E-state index in [1.54, 1.807) is 6.07 Å². The summed E-state index contributed by atoms with van der Waals surface area (Å²) in [5, 5.41) is 10.8. The van der Waals surface area contributed by atoms with Crippen LogP contribution in [-0.4, -0.2) is 12.7 Å². The summed E-state index contributed by atoms with van der Waals surface area (Å²) >= 11 is 0. The van der Waals surface area contributed by atoms with E-state index in [9.17, 15) is 13.2 Å². The first-order valence-electron chi connectivity index (χ1n) is 4.02. The molecule has 0 bridgehead atoms. The second-order valence-electron chi connectivity index (χ2n) is 2.89. The lowest BCUT2D eigenvalue weighted by Crippen LogP contribution is -2.21. The Morgan fingerprint density at radius 1 is 1.40 bits per heavy atom. The first-order chi connectivity index (χ1) is 6.92. The molecule has 1 rings (SSSR count). The Morgan fingerprint density at radius 3 is 2.60 bits per heavy atom. The van der Waals surface area contributed by atoms with Crippen LogP contribution in [0.5, 0.6) is 0 Å². The van der Waals surface area contributed by atoms with Gasteiger partial charge in [-0.3, -0.25) is 0 Å². The third-order valence-electron chi connectivity index (χ3n) is 1.64. The molecule has 0 aromatic heterocycles. The van der Waals surface area contributed by atoms with E-state index in [4.69, 9.17) is 11.0 Å². The Morgan fingerprint density at radius 2 is 2.07 bits per heavy atom. The van der Waals surface area contributed by atoms with Crippen molar-refractivity contribution in [3.8, 4) is 6.07 Å². The molecule has 6 heteroatoms. The molecule has 3 N–H and O–H groups in total. The number of nitrogens with zero attached hydrogens (tertiary/aromatic N) is 1. The van der Waals surface area contributed by atoms with Gasteiger partial charge in [0, 0.05) is 5.69 Å². The number of rotatable bonds is 2. The number of nitrogens with two attached hydrogens (primary N) is 1. The molecular formula is C9H8F3N3. The summed E-state index contributed by atoms with van der Waals surface area (Å²) in [6, 6.07) is 5.86. The highest BCUT2D eigenvalue weighted by atomic mass is 19.4. The molecule has 0 saturated heterocycles. The monoisotopic (exact) mass is 215 g/mol.